The number of aliphatic imine (C=N–C) groups is 1. The van der Waals surface area contributed by atoms with E-state index in [0.29, 0.717) is 11.7 Å². The maximum Gasteiger partial charge on any atom is 0.242 e. The Morgan fingerprint density at radius 2 is 1.81 bits per heavy atom. The van der Waals surface area contributed by atoms with Gasteiger partial charge in [0.1, 0.15) is 5.25 Å². The number of benzene rings is 2. The molecule has 2 aromatic carbocycles. The number of hydrogen-bond donors (Lipinski definition) is 1. The second-order valence-corrected chi connectivity index (χ2v) is 7.72. The van der Waals surface area contributed by atoms with Crippen LogP contribution in [0.5, 0.6) is 0 Å². The standard InChI is InChI=1S/C21H23N3O2S/c1-4-24-20(26)18(13-19(25)22-16-8-6-5-7-9-16)27-21(24)23-17-11-14(2)10-15(3)12-17/h5-12,18H,4,13H2,1-3H3,(H,22,25). The molecule has 1 unspecified atom stereocenters. The second-order valence-electron chi connectivity index (χ2n) is 6.55. The highest BCUT2D eigenvalue weighted by Crippen LogP contribution is 2.32. The average molecular weight is 382 g/mol. The number of carbonyl (C=O) groups is 2. The Morgan fingerprint density at radius 1 is 1.15 bits per heavy atom. The molecule has 2 amide bonds. The number of para-hydroxylation sites is 1. The van der Waals surface area contributed by atoms with Gasteiger partial charge in [-0.05, 0) is 56.2 Å². The quantitative estimate of drug-likeness (QED) is 0.841. The smallest absolute Gasteiger partial charge is 0.242 e. The molecule has 0 bridgehead atoms. The van der Waals surface area contributed by atoms with E-state index < -0.39 is 5.25 Å². The van der Waals surface area contributed by atoms with Gasteiger partial charge in [-0.1, -0.05) is 36.0 Å². The molecule has 140 valence electrons. The van der Waals surface area contributed by atoms with Crippen LogP contribution in [-0.4, -0.2) is 33.7 Å². The fraction of sp³-hybridized carbons (Fsp3) is 0.286. The number of rotatable bonds is 5. The Hall–Kier alpha value is -2.60. The first kappa shape index (κ1) is 19.2. The maximum absolute atomic E-state index is 12.7. The first-order valence-electron chi connectivity index (χ1n) is 8.96. The molecule has 1 N–H and O–H groups in total. The van der Waals surface area contributed by atoms with Crippen LogP contribution >= 0.6 is 11.8 Å². The summed E-state index contributed by atoms with van der Waals surface area (Å²) in [4.78, 5) is 31.4. The third kappa shape index (κ3) is 4.77. The minimum atomic E-state index is -0.446. The number of carbonyl (C=O) groups excluding carboxylic acids is 2. The highest BCUT2D eigenvalue weighted by Gasteiger charge is 2.38. The Kier molecular flexibility index (Phi) is 5.96. The van der Waals surface area contributed by atoms with Gasteiger partial charge in [0, 0.05) is 18.7 Å². The van der Waals surface area contributed by atoms with Gasteiger partial charge in [-0.2, -0.15) is 0 Å². The Morgan fingerprint density at radius 3 is 2.44 bits per heavy atom. The van der Waals surface area contributed by atoms with Gasteiger partial charge in [-0.3, -0.25) is 14.5 Å². The topological polar surface area (TPSA) is 61.8 Å². The molecule has 1 aliphatic heterocycles. The zero-order valence-corrected chi connectivity index (χ0v) is 16.5. The number of nitrogens with zero attached hydrogens (tertiary/aromatic N) is 2. The summed E-state index contributed by atoms with van der Waals surface area (Å²) < 4.78 is 0. The Balaban J connectivity index is 1.74. The molecular weight excluding hydrogens is 358 g/mol. The van der Waals surface area contributed by atoms with E-state index in [2.05, 4.69) is 16.4 Å². The van der Waals surface area contributed by atoms with E-state index >= 15 is 0 Å². The van der Waals surface area contributed by atoms with E-state index in [-0.39, 0.29) is 18.2 Å². The van der Waals surface area contributed by atoms with Crippen molar-refractivity contribution in [1.29, 1.82) is 0 Å². The number of nitrogens with one attached hydrogen (secondary N) is 1. The van der Waals surface area contributed by atoms with Crippen LogP contribution in [0.1, 0.15) is 24.5 Å². The van der Waals surface area contributed by atoms with Crippen molar-refractivity contribution in [2.75, 3.05) is 11.9 Å². The molecule has 0 aliphatic carbocycles. The van der Waals surface area contributed by atoms with E-state index in [4.69, 9.17) is 0 Å². The van der Waals surface area contributed by atoms with Crippen LogP contribution in [0, 0.1) is 13.8 Å². The summed E-state index contributed by atoms with van der Waals surface area (Å²) in [5.41, 5.74) is 3.82. The van der Waals surface area contributed by atoms with Crippen LogP contribution in [0.15, 0.2) is 53.5 Å². The minimum absolute atomic E-state index is 0.0613. The molecule has 1 heterocycles. The molecule has 0 spiro atoms. The lowest BCUT2D eigenvalue weighted by Gasteiger charge is -2.13. The molecular formula is C21H23N3O2S. The predicted molar refractivity (Wildman–Crippen MR) is 111 cm³/mol. The molecule has 1 fully saturated rings. The van der Waals surface area contributed by atoms with Gasteiger partial charge in [0.2, 0.25) is 11.8 Å². The molecule has 1 saturated heterocycles. The highest BCUT2D eigenvalue weighted by molar-refractivity contribution is 8.15. The predicted octanol–water partition coefficient (Wildman–Crippen LogP) is 4.28. The zero-order valence-electron chi connectivity index (χ0n) is 15.7. The Labute approximate surface area is 163 Å². The van der Waals surface area contributed by atoms with Crippen LogP contribution in [0.3, 0.4) is 0 Å². The summed E-state index contributed by atoms with van der Waals surface area (Å²) in [5.74, 6) is -0.232. The fourth-order valence-electron chi connectivity index (χ4n) is 3.04. The van der Waals surface area contributed by atoms with Crippen molar-refractivity contribution in [2.24, 2.45) is 4.99 Å². The number of hydrogen-bond acceptors (Lipinski definition) is 4. The van der Waals surface area contributed by atoms with Crippen molar-refractivity contribution >= 4 is 40.1 Å². The van der Waals surface area contributed by atoms with E-state index in [0.717, 1.165) is 22.5 Å². The lowest BCUT2D eigenvalue weighted by atomic mass is 10.1. The van der Waals surface area contributed by atoms with Crippen LogP contribution in [0.4, 0.5) is 11.4 Å². The van der Waals surface area contributed by atoms with Crippen molar-refractivity contribution in [3.63, 3.8) is 0 Å². The number of aryl methyl sites for hydroxylation is 2. The normalized spacial score (nSPS) is 18.2. The fourth-order valence-corrected chi connectivity index (χ4v) is 4.27. The lowest BCUT2D eigenvalue weighted by molar-refractivity contribution is -0.128. The van der Waals surface area contributed by atoms with E-state index in [1.165, 1.54) is 11.8 Å². The summed E-state index contributed by atoms with van der Waals surface area (Å²) in [6.45, 7) is 6.50. The molecule has 0 saturated carbocycles. The average Bonchev–Trinajstić information content (AvgIpc) is 2.89. The second kappa shape index (κ2) is 8.39. The van der Waals surface area contributed by atoms with Crippen molar-refractivity contribution in [3.8, 4) is 0 Å². The number of anilines is 1. The molecule has 27 heavy (non-hydrogen) atoms. The number of amidine groups is 1. The third-order valence-corrected chi connectivity index (χ3v) is 5.37. The first-order valence-corrected chi connectivity index (χ1v) is 9.84. The summed E-state index contributed by atoms with van der Waals surface area (Å²) in [6.07, 6.45) is 0.126. The molecule has 3 rings (SSSR count). The van der Waals surface area contributed by atoms with Gasteiger partial charge in [0.25, 0.3) is 0 Å². The van der Waals surface area contributed by atoms with E-state index in [1.54, 1.807) is 4.90 Å². The van der Waals surface area contributed by atoms with Gasteiger partial charge in [0.15, 0.2) is 5.17 Å². The molecule has 1 atom stereocenters. The van der Waals surface area contributed by atoms with Gasteiger partial charge < -0.3 is 5.32 Å². The SMILES string of the molecule is CCN1C(=O)C(CC(=O)Nc2ccccc2)SC1=Nc1cc(C)cc(C)c1. The van der Waals surface area contributed by atoms with Crippen molar-refractivity contribution in [1.82, 2.24) is 4.90 Å². The summed E-state index contributed by atoms with van der Waals surface area (Å²) >= 11 is 1.36. The first-order chi connectivity index (χ1) is 13.0. The Bertz CT molecular complexity index is 860. The largest absolute Gasteiger partial charge is 0.326 e. The molecule has 0 aromatic heterocycles. The van der Waals surface area contributed by atoms with E-state index in [1.807, 2.05) is 63.2 Å². The summed E-state index contributed by atoms with van der Waals surface area (Å²) in [7, 11) is 0. The molecule has 1 aliphatic rings. The summed E-state index contributed by atoms with van der Waals surface area (Å²) in [6, 6.07) is 15.3. The summed E-state index contributed by atoms with van der Waals surface area (Å²) in [5, 5.41) is 3.05. The highest BCUT2D eigenvalue weighted by atomic mass is 32.2. The molecule has 5 nitrogen and oxygen atoms in total. The van der Waals surface area contributed by atoms with Crippen molar-refractivity contribution in [3.05, 3.63) is 59.7 Å². The number of thioether (sulfide) groups is 1. The molecule has 0 radical (unpaired) electrons. The van der Waals surface area contributed by atoms with Crippen molar-refractivity contribution < 1.29 is 9.59 Å². The van der Waals surface area contributed by atoms with Crippen LogP contribution in [0.2, 0.25) is 0 Å². The monoisotopic (exact) mass is 381 g/mol. The van der Waals surface area contributed by atoms with Crippen LogP contribution in [-0.2, 0) is 9.59 Å². The van der Waals surface area contributed by atoms with Gasteiger partial charge in [-0.25, -0.2) is 4.99 Å². The van der Waals surface area contributed by atoms with Crippen LogP contribution < -0.4 is 5.32 Å². The third-order valence-electron chi connectivity index (χ3n) is 4.20. The zero-order chi connectivity index (χ0) is 19.4. The maximum atomic E-state index is 12.7. The van der Waals surface area contributed by atoms with Gasteiger partial charge in [-0.15, -0.1) is 0 Å². The van der Waals surface area contributed by atoms with Gasteiger partial charge in [0.05, 0.1) is 5.69 Å². The van der Waals surface area contributed by atoms with Crippen LogP contribution in [0.25, 0.3) is 0 Å². The minimum Gasteiger partial charge on any atom is -0.326 e. The number of amides is 2. The van der Waals surface area contributed by atoms with E-state index in [9.17, 15) is 9.59 Å². The molecule has 6 heteroatoms. The molecule has 2 aromatic rings. The van der Waals surface area contributed by atoms with Crippen molar-refractivity contribution in [2.45, 2.75) is 32.4 Å². The van der Waals surface area contributed by atoms with Gasteiger partial charge >= 0.3 is 0 Å². The lowest BCUT2D eigenvalue weighted by Crippen LogP contribution is -2.33.